The fourth-order valence-electron chi connectivity index (χ4n) is 1.36. The Morgan fingerprint density at radius 2 is 2.24 bits per heavy atom. The number of nitrogens with two attached hydrogens (primary N) is 1. The molecule has 0 aromatic carbocycles. The summed E-state index contributed by atoms with van der Waals surface area (Å²) in [7, 11) is 0. The van der Waals surface area contributed by atoms with Gasteiger partial charge in [0, 0.05) is 18.0 Å². The molecule has 1 aromatic rings. The van der Waals surface area contributed by atoms with Crippen LogP contribution in [-0.2, 0) is 9.53 Å². The molecule has 0 spiro atoms. The Hall–Kier alpha value is -1.66. The van der Waals surface area contributed by atoms with E-state index in [1.807, 2.05) is 0 Å². The van der Waals surface area contributed by atoms with E-state index in [0.717, 1.165) is 0 Å². The first-order valence-corrected chi connectivity index (χ1v) is 5.26. The molecule has 17 heavy (non-hydrogen) atoms. The number of nitrogens with zero attached hydrogens (tertiary/aromatic N) is 1. The van der Waals surface area contributed by atoms with Crippen molar-refractivity contribution in [3.63, 3.8) is 0 Å². The average Bonchev–Trinajstić information content (AvgIpc) is 2.28. The summed E-state index contributed by atoms with van der Waals surface area (Å²) in [6.07, 6.45) is 0.0840. The summed E-state index contributed by atoms with van der Waals surface area (Å²) in [4.78, 5) is 14.9. The molecule has 2 unspecified atom stereocenters. The number of nitrogen functional groups attached to an aromatic ring is 1. The van der Waals surface area contributed by atoms with Crippen molar-refractivity contribution in [1.29, 1.82) is 0 Å². The number of carbonyl (C=O) groups excluding carboxylic acids is 1. The summed E-state index contributed by atoms with van der Waals surface area (Å²) in [5.41, 5.74) is 6.24. The second-order valence-corrected chi connectivity index (χ2v) is 3.57. The Labute approximate surface area is 99.0 Å². The molecule has 94 valence electrons. The zero-order valence-electron chi connectivity index (χ0n) is 9.54. The highest BCUT2D eigenvalue weighted by Gasteiger charge is 2.22. The molecule has 4 N–H and O–H groups in total. The lowest BCUT2D eigenvalue weighted by Gasteiger charge is -2.17. The lowest BCUT2D eigenvalue weighted by atomic mass is 10.0. The van der Waals surface area contributed by atoms with E-state index in [0.29, 0.717) is 11.3 Å². The van der Waals surface area contributed by atoms with Crippen LogP contribution < -0.4 is 5.73 Å². The van der Waals surface area contributed by atoms with Crippen molar-refractivity contribution < 1.29 is 19.7 Å². The van der Waals surface area contributed by atoms with E-state index in [-0.39, 0.29) is 13.0 Å². The molecule has 0 radical (unpaired) electrons. The second kappa shape index (κ2) is 6.17. The molecule has 1 heterocycles. The van der Waals surface area contributed by atoms with Gasteiger partial charge in [-0.25, -0.2) is 0 Å². The van der Waals surface area contributed by atoms with Gasteiger partial charge in [-0.15, -0.1) is 0 Å². The third kappa shape index (κ3) is 4.01. The highest BCUT2D eigenvalue weighted by molar-refractivity contribution is 5.70. The lowest BCUT2D eigenvalue weighted by Crippen LogP contribution is -2.23. The summed E-state index contributed by atoms with van der Waals surface area (Å²) in [5.74, 6) is -0.559. The molecular weight excluding hydrogens is 224 g/mol. The van der Waals surface area contributed by atoms with E-state index in [1.54, 1.807) is 6.92 Å². The Kier molecular flexibility index (Phi) is 4.86. The number of pyridine rings is 1. The van der Waals surface area contributed by atoms with Crippen LogP contribution in [0, 0.1) is 0 Å². The minimum absolute atomic E-state index is 0.238. The van der Waals surface area contributed by atoms with Gasteiger partial charge in [0.05, 0.1) is 24.8 Å². The number of ether oxygens (including phenoxy) is 1. The molecule has 0 saturated heterocycles. The van der Waals surface area contributed by atoms with Crippen LogP contribution in [0.4, 0.5) is 5.69 Å². The molecule has 0 aliphatic rings. The van der Waals surface area contributed by atoms with E-state index in [1.165, 1.54) is 18.5 Å². The molecule has 0 aliphatic heterocycles. The number of rotatable bonds is 5. The predicted octanol–water partition coefficient (Wildman–Crippen LogP) is 0.0113. The van der Waals surface area contributed by atoms with E-state index in [2.05, 4.69) is 9.72 Å². The van der Waals surface area contributed by atoms with E-state index in [9.17, 15) is 15.0 Å². The Morgan fingerprint density at radius 1 is 1.53 bits per heavy atom. The number of hydrogen-bond acceptors (Lipinski definition) is 6. The largest absolute Gasteiger partial charge is 0.466 e. The first-order chi connectivity index (χ1) is 8.04. The minimum Gasteiger partial charge on any atom is -0.466 e. The molecule has 1 aromatic heterocycles. The molecule has 0 aliphatic carbocycles. The molecular formula is C11H16N2O4. The molecule has 0 saturated carbocycles. The van der Waals surface area contributed by atoms with E-state index < -0.39 is 18.2 Å². The van der Waals surface area contributed by atoms with Crippen molar-refractivity contribution in [2.75, 3.05) is 12.3 Å². The van der Waals surface area contributed by atoms with E-state index >= 15 is 0 Å². The third-order valence-electron chi connectivity index (χ3n) is 2.17. The molecule has 6 heteroatoms. The normalized spacial score (nSPS) is 14.1. The van der Waals surface area contributed by atoms with Crippen molar-refractivity contribution in [1.82, 2.24) is 4.98 Å². The van der Waals surface area contributed by atoms with Crippen LogP contribution in [-0.4, -0.2) is 33.9 Å². The Morgan fingerprint density at radius 3 is 2.82 bits per heavy atom. The summed E-state index contributed by atoms with van der Waals surface area (Å²) in [6.45, 7) is 1.91. The molecule has 6 nitrogen and oxygen atoms in total. The van der Waals surface area contributed by atoms with Gasteiger partial charge < -0.3 is 20.7 Å². The van der Waals surface area contributed by atoms with Gasteiger partial charge >= 0.3 is 5.97 Å². The maximum atomic E-state index is 11.1. The lowest BCUT2D eigenvalue weighted by molar-refractivity contribution is -0.147. The van der Waals surface area contributed by atoms with Crippen LogP contribution in [0.3, 0.4) is 0 Å². The number of aromatic nitrogens is 1. The first-order valence-electron chi connectivity index (χ1n) is 5.26. The second-order valence-electron chi connectivity index (χ2n) is 3.57. The zero-order chi connectivity index (χ0) is 12.8. The van der Waals surface area contributed by atoms with Crippen molar-refractivity contribution in [2.24, 2.45) is 0 Å². The SMILES string of the molecule is CCOC(=O)CC(O)C(O)c1cncc(N)c1. The van der Waals surface area contributed by atoms with Crippen LogP contribution in [0.5, 0.6) is 0 Å². The summed E-state index contributed by atoms with van der Waals surface area (Å²) >= 11 is 0. The van der Waals surface area contributed by atoms with Gasteiger partial charge in [-0.3, -0.25) is 9.78 Å². The van der Waals surface area contributed by atoms with Crippen LogP contribution in [0.2, 0.25) is 0 Å². The Bertz CT molecular complexity index is 383. The van der Waals surface area contributed by atoms with Crippen LogP contribution in [0.1, 0.15) is 25.0 Å². The van der Waals surface area contributed by atoms with Crippen LogP contribution in [0.15, 0.2) is 18.5 Å². The number of anilines is 1. The number of aliphatic hydroxyl groups excluding tert-OH is 2. The van der Waals surface area contributed by atoms with Crippen molar-refractivity contribution >= 4 is 11.7 Å². The standard InChI is InChI=1S/C11H16N2O4/c1-2-17-10(15)4-9(14)11(16)7-3-8(12)6-13-5-7/h3,5-6,9,11,14,16H,2,4,12H2,1H3. The fourth-order valence-corrected chi connectivity index (χ4v) is 1.36. The molecule has 1 rings (SSSR count). The van der Waals surface area contributed by atoms with Gasteiger partial charge in [-0.2, -0.15) is 0 Å². The van der Waals surface area contributed by atoms with Crippen LogP contribution >= 0.6 is 0 Å². The zero-order valence-corrected chi connectivity index (χ0v) is 9.54. The maximum absolute atomic E-state index is 11.1. The monoisotopic (exact) mass is 240 g/mol. The van der Waals surface area contributed by atoms with Gasteiger partial charge in [-0.1, -0.05) is 0 Å². The molecule has 0 amide bonds. The summed E-state index contributed by atoms with van der Waals surface area (Å²) < 4.78 is 4.67. The number of carbonyl (C=O) groups is 1. The number of esters is 1. The summed E-state index contributed by atoms with van der Waals surface area (Å²) in [5, 5.41) is 19.4. The van der Waals surface area contributed by atoms with Crippen LogP contribution in [0.25, 0.3) is 0 Å². The molecule has 0 fully saturated rings. The van der Waals surface area contributed by atoms with Crippen molar-refractivity contribution in [3.05, 3.63) is 24.0 Å². The van der Waals surface area contributed by atoms with Gasteiger partial charge in [-0.05, 0) is 13.0 Å². The third-order valence-corrected chi connectivity index (χ3v) is 2.17. The topological polar surface area (TPSA) is 106 Å². The molecule has 0 bridgehead atoms. The fraction of sp³-hybridized carbons (Fsp3) is 0.455. The predicted molar refractivity (Wildman–Crippen MR) is 60.9 cm³/mol. The van der Waals surface area contributed by atoms with E-state index in [4.69, 9.17) is 5.73 Å². The Balaban J connectivity index is 2.63. The summed E-state index contributed by atoms with van der Waals surface area (Å²) in [6, 6.07) is 1.49. The number of hydrogen-bond donors (Lipinski definition) is 3. The van der Waals surface area contributed by atoms with Gasteiger partial charge in [0.2, 0.25) is 0 Å². The molecule has 2 atom stereocenters. The number of aliphatic hydroxyl groups is 2. The highest BCUT2D eigenvalue weighted by Crippen LogP contribution is 2.20. The van der Waals surface area contributed by atoms with Crippen molar-refractivity contribution in [2.45, 2.75) is 25.6 Å². The maximum Gasteiger partial charge on any atom is 0.308 e. The smallest absolute Gasteiger partial charge is 0.308 e. The van der Waals surface area contributed by atoms with Gasteiger partial charge in [0.1, 0.15) is 6.10 Å². The highest BCUT2D eigenvalue weighted by atomic mass is 16.5. The first kappa shape index (κ1) is 13.4. The van der Waals surface area contributed by atoms with Crippen molar-refractivity contribution in [3.8, 4) is 0 Å². The van der Waals surface area contributed by atoms with Gasteiger partial charge in [0.25, 0.3) is 0 Å². The minimum atomic E-state index is -1.24. The average molecular weight is 240 g/mol. The van der Waals surface area contributed by atoms with Gasteiger partial charge in [0.15, 0.2) is 0 Å². The quantitative estimate of drug-likeness (QED) is 0.626.